The molecule has 0 aliphatic heterocycles. The summed E-state index contributed by atoms with van der Waals surface area (Å²) in [6.45, 7) is 6.10. The predicted octanol–water partition coefficient (Wildman–Crippen LogP) is 7.59. The van der Waals surface area contributed by atoms with Crippen molar-refractivity contribution in [3.63, 3.8) is 0 Å². The normalized spacial score (nSPS) is 11.6. The van der Waals surface area contributed by atoms with Gasteiger partial charge < -0.3 is 19.8 Å². The van der Waals surface area contributed by atoms with E-state index in [0.717, 1.165) is 35.2 Å². The van der Waals surface area contributed by atoms with Crippen molar-refractivity contribution in [2.24, 2.45) is 0 Å². The molecule has 6 rings (SSSR count). The molecule has 2 aromatic heterocycles. The molecule has 0 unspecified atom stereocenters. The van der Waals surface area contributed by atoms with E-state index in [9.17, 15) is 4.79 Å². The first-order chi connectivity index (χ1) is 16.7. The molecule has 5 nitrogen and oxygen atoms in total. The lowest BCUT2D eigenvalue weighted by molar-refractivity contribution is 0.262. The summed E-state index contributed by atoms with van der Waals surface area (Å²) < 4.78 is 4.60. The standard InChI is InChI=1S/C29H26N4O/c1-3-32-25-11-7-5-9-21(25)23-17-19(13-15-27(23)32)30-29(34)31-20-14-16-28-24(18-20)22-10-6-8-12-26(22)33(28)4-2/h5-18H,3-4H2,1-2H3,(H2,30,31,34). The number of urea groups is 1. The van der Waals surface area contributed by atoms with Crippen LogP contribution in [-0.4, -0.2) is 15.2 Å². The number of rotatable bonds is 4. The fourth-order valence-electron chi connectivity index (χ4n) is 5.24. The van der Waals surface area contributed by atoms with Gasteiger partial charge in [-0.3, -0.25) is 0 Å². The summed E-state index contributed by atoms with van der Waals surface area (Å²) in [5, 5.41) is 10.7. The second kappa shape index (κ2) is 7.96. The van der Waals surface area contributed by atoms with Gasteiger partial charge in [0.15, 0.2) is 0 Å². The predicted molar refractivity (Wildman–Crippen MR) is 143 cm³/mol. The topological polar surface area (TPSA) is 51.0 Å². The summed E-state index contributed by atoms with van der Waals surface area (Å²) in [5.74, 6) is 0. The third kappa shape index (κ3) is 3.12. The molecule has 0 saturated carbocycles. The molecule has 168 valence electrons. The van der Waals surface area contributed by atoms with Crippen LogP contribution in [0.2, 0.25) is 0 Å². The molecule has 2 amide bonds. The molecule has 5 heteroatoms. The minimum absolute atomic E-state index is 0.253. The Morgan fingerprint density at radius 1 is 0.588 bits per heavy atom. The fraction of sp³-hybridized carbons (Fsp3) is 0.138. The average Bonchev–Trinajstić information content (AvgIpc) is 3.35. The summed E-state index contributed by atoms with van der Waals surface area (Å²) in [4.78, 5) is 12.9. The lowest BCUT2D eigenvalue weighted by Gasteiger charge is -2.09. The van der Waals surface area contributed by atoms with Crippen LogP contribution in [0.25, 0.3) is 43.6 Å². The van der Waals surface area contributed by atoms with Crippen molar-refractivity contribution in [3.05, 3.63) is 84.9 Å². The molecule has 2 N–H and O–H groups in total. The number of anilines is 2. The molecule has 34 heavy (non-hydrogen) atoms. The smallest absolute Gasteiger partial charge is 0.323 e. The number of carbonyl (C=O) groups excluding carboxylic acids is 1. The number of para-hydroxylation sites is 2. The van der Waals surface area contributed by atoms with E-state index >= 15 is 0 Å². The van der Waals surface area contributed by atoms with Gasteiger partial charge in [0, 0.05) is 68.1 Å². The van der Waals surface area contributed by atoms with Gasteiger partial charge in [0.2, 0.25) is 0 Å². The van der Waals surface area contributed by atoms with E-state index in [1.54, 1.807) is 0 Å². The molecule has 0 bridgehead atoms. The van der Waals surface area contributed by atoms with Crippen LogP contribution in [0.15, 0.2) is 84.9 Å². The molecule has 0 spiro atoms. The van der Waals surface area contributed by atoms with Crippen molar-refractivity contribution in [1.29, 1.82) is 0 Å². The molecule has 6 aromatic rings. The van der Waals surface area contributed by atoms with Gasteiger partial charge in [0.1, 0.15) is 0 Å². The number of fused-ring (bicyclic) bond motifs is 6. The first-order valence-corrected chi connectivity index (χ1v) is 11.8. The van der Waals surface area contributed by atoms with Gasteiger partial charge in [-0.05, 0) is 62.4 Å². The Balaban J connectivity index is 1.31. The number of aromatic nitrogens is 2. The van der Waals surface area contributed by atoms with Crippen molar-refractivity contribution < 1.29 is 4.79 Å². The highest BCUT2D eigenvalue weighted by Crippen LogP contribution is 2.32. The van der Waals surface area contributed by atoms with Crippen molar-refractivity contribution in [1.82, 2.24) is 9.13 Å². The quantitative estimate of drug-likeness (QED) is 0.288. The van der Waals surface area contributed by atoms with Gasteiger partial charge in [-0.25, -0.2) is 4.79 Å². The minimum atomic E-state index is -0.253. The monoisotopic (exact) mass is 446 g/mol. The van der Waals surface area contributed by atoms with E-state index in [4.69, 9.17) is 0 Å². The number of nitrogens with zero attached hydrogens (tertiary/aromatic N) is 2. The van der Waals surface area contributed by atoms with Crippen LogP contribution in [0.4, 0.5) is 16.2 Å². The van der Waals surface area contributed by atoms with Crippen LogP contribution in [0.3, 0.4) is 0 Å². The number of carbonyl (C=O) groups is 1. The number of nitrogens with one attached hydrogen (secondary N) is 2. The summed E-state index contributed by atoms with van der Waals surface area (Å²) in [7, 11) is 0. The number of aryl methyl sites for hydroxylation is 2. The van der Waals surface area contributed by atoms with Crippen LogP contribution in [0, 0.1) is 0 Å². The molecule has 0 fully saturated rings. The Bertz CT molecular complexity index is 1580. The van der Waals surface area contributed by atoms with Crippen LogP contribution in [0.1, 0.15) is 13.8 Å². The van der Waals surface area contributed by atoms with Crippen LogP contribution >= 0.6 is 0 Å². The maximum atomic E-state index is 12.9. The third-order valence-corrected chi connectivity index (χ3v) is 6.69. The van der Waals surface area contributed by atoms with E-state index in [0.29, 0.717) is 0 Å². The Hall–Kier alpha value is -4.25. The van der Waals surface area contributed by atoms with E-state index < -0.39 is 0 Å². The van der Waals surface area contributed by atoms with Gasteiger partial charge in [0.25, 0.3) is 0 Å². The van der Waals surface area contributed by atoms with Crippen molar-refractivity contribution >= 4 is 61.0 Å². The van der Waals surface area contributed by atoms with Crippen LogP contribution < -0.4 is 10.6 Å². The van der Waals surface area contributed by atoms with Crippen LogP contribution in [-0.2, 0) is 13.1 Å². The van der Waals surface area contributed by atoms with Gasteiger partial charge in [-0.15, -0.1) is 0 Å². The SMILES string of the molecule is CCn1c2ccccc2c2cc(NC(=O)Nc3ccc4c(c3)c3ccccc3n4CC)ccc21. The largest absolute Gasteiger partial charge is 0.341 e. The molecule has 4 aromatic carbocycles. The van der Waals surface area contributed by atoms with Gasteiger partial charge in [-0.1, -0.05) is 36.4 Å². The lowest BCUT2D eigenvalue weighted by Crippen LogP contribution is -2.19. The van der Waals surface area contributed by atoms with Crippen LogP contribution in [0.5, 0.6) is 0 Å². The zero-order valence-corrected chi connectivity index (χ0v) is 19.3. The Labute approximate surface area is 197 Å². The van der Waals surface area contributed by atoms with E-state index in [2.05, 4.69) is 106 Å². The highest BCUT2D eigenvalue weighted by Gasteiger charge is 2.13. The molecule has 0 aliphatic rings. The summed E-state index contributed by atoms with van der Waals surface area (Å²) in [6.07, 6.45) is 0. The van der Waals surface area contributed by atoms with Crippen molar-refractivity contribution in [2.45, 2.75) is 26.9 Å². The molecule has 2 heterocycles. The van der Waals surface area contributed by atoms with E-state index in [1.165, 1.54) is 32.8 Å². The summed E-state index contributed by atoms with van der Waals surface area (Å²) in [6, 6.07) is 28.8. The first-order valence-electron chi connectivity index (χ1n) is 11.8. The maximum Gasteiger partial charge on any atom is 0.323 e. The second-order valence-electron chi connectivity index (χ2n) is 8.57. The Kier molecular flexibility index (Phi) is 4.77. The van der Waals surface area contributed by atoms with Crippen molar-refractivity contribution in [2.75, 3.05) is 10.6 Å². The molecule has 0 atom stereocenters. The maximum absolute atomic E-state index is 12.9. The fourth-order valence-corrected chi connectivity index (χ4v) is 5.24. The summed E-state index contributed by atoms with van der Waals surface area (Å²) >= 11 is 0. The average molecular weight is 447 g/mol. The molecular formula is C29H26N4O. The van der Waals surface area contributed by atoms with E-state index in [1.807, 2.05) is 12.1 Å². The molecule has 0 aliphatic carbocycles. The van der Waals surface area contributed by atoms with Gasteiger partial charge in [-0.2, -0.15) is 0 Å². The Morgan fingerprint density at radius 3 is 1.44 bits per heavy atom. The molecule has 0 radical (unpaired) electrons. The molecular weight excluding hydrogens is 420 g/mol. The third-order valence-electron chi connectivity index (χ3n) is 6.69. The number of benzene rings is 4. The minimum Gasteiger partial charge on any atom is -0.341 e. The van der Waals surface area contributed by atoms with Gasteiger partial charge in [0.05, 0.1) is 0 Å². The Morgan fingerprint density at radius 2 is 1.00 bits per heavy atom. The molecule has 0 saturated heterocycles. The number of amides is 2. The zero-order chi connectivity index (χ0) is 23.2. The zero-order valence-electron chi connectivity index (χ0n) is 19.3. The van der Waals surface area contributed by atoms with E-state index in [-0.39, 0.29) is 6.03 Å². The highest BCUT2D eigenvalue weighted by molar-refractivity contribution is 6.12. The first kappa shape index (κ1) is 20.4. The van der Waals surface area contributed by atoms with Gasteiger partial charge >= 0.3 is 6.03 Å². The second-order valence-corrected chi connectivity index (χ2v) is 8.57. The lowest BCUT2D eigenvalue weighted by atomic mass is 10.1. The number of hydrogen-bond acceptors (Lipinski definition) is 1. The highest BCUT2D eigenvalue weighted by atomic mass is 16.2. The van der Waals surface area contributed by atoms with Crippen molar-refractivity contribution in [3.8, 4) is 0 Å². The number of hydrogen-bond donors (Lipinski definition) is 2. The summed E-state index contributed by atoms with van der Waals surface area (Å²) in [5.41, 5.74) is 6.31.